The maximum absolute atomic E-state index is 12.2. The average molecular weight is 317 g/mol. The van der Waals surface area contributed by atoms with E-state index in [0.29, 0.717) is 11.8 Å². The van der Waals surface area contributed by atoms with Crippen molar-refractivity contribution in [3.63, 3.8) is 0 Å². The first-order valence-electron chi connectivity index (χ1n) is 5.81. The number of halogens is 2. The van der Waals surface area contributed by atoms with Crippen LogP contribution in [0.5, 0.6) is 0 Å². The van der Waals surface area contributed by atoms with Crippen LogP contribution < -0.4 is 0 Å². The van der Waals surface area contributed by atoms with Gasteiger partial charge < -0.3 is 4.90 Å². The Morgan fingerprint density at radius 2 is 2.12 bits per heavy atom. The lowest BCUT2D eigenvalue weighted by atomic mass is 9.99. The summed E-state index contributed by atoms with van der Waals surface area (Å²) in [4.78, 5) is 14.2. The third-order valence-electron chi connectivity index (χ3n) is 3.12. The fourth-order valence-corrected chi connectivity index (χ4v) is 2.67. The van der Waals surface area contributed by atoms with Crippen molar-refractivity contribution in [2.75, 3.05) is 19.0 Å². The zero-order valence-electron chi connectivity index (χ0n) is 9.53. The fourth-order valence-electron chi connectivity index (χ4n) is 2.15. The van der Waals surface area contributed by atoms with Crippen molar-refractivity contribution in [3.8, 4) is 0 Å². The van der Waals surface area contributed by atoms with Gasteiger partial charge in [0.25, 0.3) is 5.91 Å². The number of alkyl halides is 1. The molecule has 1 unspecified atom stereocenters. The van der Waals surface area contributed by atoms with Crippen LogP contribution in [0.15, 0.2) is 28.7 Å². The van der Waals surface area contributed by atoms with Gasteiger partial charge in [-0.1, -0.05) is 15.9 Å². The lowest BCUT2D eigenvalue weighted by Gasteiger charge is -2.31. The van der Waals surface area contributed by atoms with E-state index >= 15 is 0 Å². The predicted molar refractivity (Wildman–Crippen MR) is 73.5 cm³/mol. The van der Waals surface area contributed by atoms with Crippen molar-refractivity contribution in [3.05, 3.63) is 34.3 Å². The molecular formula is C13H15BrClNO. The summed E-state index contributed by atoms with van der Waals surface area (Å²) in [6, 6.07) is 7.51. The van der Waals surface area contributed by atoms with E-state index in [2.05, 4.69) is 15.9 Å². The van der Waals surface area contributed by atoms with E-state index in [1.54, 1.807) is 0 Å². The molecule has 0 saturated carbocycles. The molecule has 2 nitrogen and oxygen atoms in total. The Bertz CT molecular complexity index is 393. The average Bonchev–Trinajstić information content (AvgIpc) is 2.39. The molecule has 0 bridgehead atoms. The summed E-state index contributed by atoms with van der Waals surface area (Å²) < 4.78 is 0.992. The monoisotopic (exact) mass is 315 g/mol. The summed E-state index contributed by atoms with van der Waals surface area (Å²) in [6.07, 6.45) is 2.19. The van der Waals surface area contributed by atoms with Gasteiger partial charge in [0.15, 0.2) is 0 Å². The minimum absolute atomic E-state index is 0.118. The SMILES string of the molecule is O=C(c1ccc(Br)cc1)N1CCCC(CCl)C1. The van der Waals surface area contributed by atoms with Gasteiger partial charge in [0, 0.05) is 29.0 Å². The van der Waals surface area contributed by atoms with E-state index in [1.807, 2.05) is 29.2 Å². The quantitative estimate of drug-likeness (QED) is 0.764. The Hall–Kier alpha value is -0.540. The molecule has 1 atom stereocenters. The zero-order chi connectivity index (χ0) is 12.3. The van der Waals surface area contributed by atoms with Crippen LogP contribution in [0.2, 0.25) is 0 Å². The second kappa shape index (κ2) is 5.87. The number of nitrogens with zero attached hydrogens (tertiary/aromatic N) is 1. The zero-order valence-corrected chi connectivity index (χ0v) is 11.9. The molecule has 1 amide bonds. The largest absolute Gasteiger partial charge is 0.338 e. The molecule has 0 N–H and O–H groups in total. The number of amides is 1. The third-order valence-corrected chi connectivity index (χ3v) is 4.08. The third kappa shape index (κ3) is 3.23. The minimum Gasteiger partial charge on any atom is -0.338 e. The molecule has 17 heavy (non-hydrogen) atoms. The summed E-state index contributed by atoms with van der Waals surface area (Å²) >= 11 is 9.24. The molecule has 0 radical (unpaired) electrons. The van der Waals surface area contributed by atoms with Crippen LogP contribution in [0.4, 0.5) is 0 Å². The van der Waals surface area contributed by atoms with Crippen molar-refractivity contribution < 1.29 is 4.79 Å². The van der Waals surface area contributed by atoms with Crippen LogP contribution in [0.3, 0.4) is 0 Å². The number of hydrogen-bond donors (Lipinski definition) is 0. The number of likely N-dealkylation sites (tertiary alicyclic amines) is 1. The van der Waals surface area contributed by atoms with Crippen LogP contribution in [-0.4, -0.2) is 29.8 Å². The molecule has 1 saturated heterocycles. The van der Waals surface area contributed by atoms with E-state index in [1.165, 1.54) is 0 Å². The van der Waals surface area contributed by atoms with E-state index in [9.17, 15) is 4.79 Å². The van der Waals surface area contributed by atoms with Gasteiger partial charge in [0.2, 0.25) is 0 Å². The van der Waals surface area contributed by atoms with Crippen molar-refractivity contribution in [1.29, 1.82) is 0 Å². The molecule has 92 valence electrons. The summed E-state index contributed by atoms with van der Waals surface area (Å²) in [6.45, 7) is 1.64. The summed E-state index contributed by atoms with van der Waals surface area (Å²) in [7, 11) is 0. The van der Waals surface area contributed by atoms with Crippen molar-refractivity contribution >= 4 is 33.4 Å². The number of benzene rings is 1. The molecule has 0 aliphatic carbocycles. The Balaban J connectivity index is 2.06. The highest BCUT2D eigenvalue weighted by molar-refractivity contribution is 9.10. The number of carbonyl (C=O) groups is 1. The van der Waals surface area contributed by atoms with Crippen LogP contribution in [0.1, 0.15) is 23.2 Å². The first kappa shape index (κ1) is 12.9. The molecule has 1 aliphatic rings. The Kier molecular flexibility index (Phi) is 4.46. The molecule has 4 heteroatoms. The molecule has 2 rings (SSSR count). The maximum Gasteiger partial charge on any atom is 0.253 e. The van der Waals surface area contributed by atoms with Gasteiger partial charge in [0.05, 0.1) is 0 Å². The van der Waals surface area contributed by atoms with E-state index < -0.39 is 0 Å². The summed E-state index contributed by atoms with van der Waals surface area (Å²) in [5.41, 5.74) is 0.753. The van der Waals surface area contributed by atoms with Gasteiger partial charge in [0.1, 0.15) is 0 Å². The molecular weight excluding hydrogens is 302 g/mol. The molecule has 1 aromatic carbocycles. The number of piperidine rings is 1. The Morgan fingerprint density at radius 3 is 2.76 bits per heavy atom. The van der Waals surface area contributed by atoms with Gasteiger partial charge in [-0.05, 0) is 43.0 Å². The van der Waals surface area contributed by atoms with Gasteiger partial charge in [-0.3, -0.25) is 4.79 Å². The first-order valence-corrected chi connectivity index (χ1v) is 7.14. The van der Waals surface area contributed by atoms with Gasteiger partial charge in [-0.15, -0.1) is 11.6 Å². The standard InChI is InChI=1S/C13H15BrClNO/c14-12-5-3-11(4-6-12)13(17)16-7-1-2-10(8-15)9-16/h3-6,10H,1-2,7-9H2. The van der Waals surface area contributed by atoms with Crippen molar-refractivity contribution in [1.82, 2.24) is 4.90 Å². The van der Waals surface area contributed by atoms with Crippen molar-refractivity contribution in [2.45, 2.75) is 12.8 Å². The molecule has 1 heterocycles. The van der Waals surface area contributed by atoms with Crippen LogP contribution in [-0.2, 0) is 0 Å². The van der Waals surface area contributed by atoms with Crippen LogP contribution in [0, 0.1) is 5.92 Å². The van der Waals surface area contributed by atoms with Crippen LogP contribution >= 0.6 is 27.5 Å². The Morgan fingerprint density at radius 1 is 1.41 bits per heavy atom. The van der Waals surface area contributed by atoms with E-state index in [0.717, 1.165) is 36.0 Å². The lowest BCUT2D eigenvalue weighted by molar-refractivity contribution is 0.0685. The number of carbonyl (C=O) groups excluding carboxylic acids is 1. The van der Waals surface area contributed by atoms with Gasteiger partial charge in [-0.25, -0.2) is 0 Å². The first-order chi connectivity index (χ1) is 8.20. The van der Waals surface area contributed by atoms with Crippen molar-refractivity contribution in [2.24, 2.45) is 5.92 Å². The van der Waals surface area contributed by atoms with Crippen LogP contribution in [0.25, 0.3) is 0 Å². The highest BCUT2D eigenvalue weighted by Crippen LogP contribution is 2.20. The number of rotatable bonds is 2. The normalized spacial score (nSPS) is 20.4. The van der Waals surface area contributed by atoms with E-state index in [4.69, 9.17) is 11.6 Å². The topological polar surface area (TPSA) is 20.3 Å². The second-order valence-corrected chi connectivity index (χ2v) is 5.64. The Labute approximate surface area is 115 Å². The summed E-state index contributed by atoms with van der Waals surface area (Å²) in [5.74, 6) is 1.21. The summed E-state index contributed by atoms with van der Waals surface area (Å²) in [5, 5.41) is 0. The number of hydrogen-bond acceptors (Lipinski definition) is 1. The molecule has 0 aromatic heterocycles. The molecule has 1 aromatic rings. The smallest absolute Gasteiger partial charge is 0.253 e. The molecule has 0 spiro atoms. The molecule has 1 fully saturated rings. The minimum atomic E-state index is 0.118. The molecule has 1 aliphatic heterocycles. The van der Waals surface area contributed by atoms with Gasteiger partial charge in [-0.2, -0.15) is 0 Å². The fraction of sp³-hybridized carbons (Fsp3) is 0.462. The van der Waals surface area contributed by atoms with Gasteiger partial charge >= 0.3 is 0 Å². The predicted octanol–water partition coefficient (Wildman–Crippen LogP) is 3.54. The van der Waals surface area contributed by atoms with E-state index in [-0.39, 0.29) is 5.91 Å². The highest BCUT2D eigenvalue weighted by Gasteiger charge is 2.23. The lowest BCUT2D eigenvalue weighted by Crippen LogP contribution is -2.40. The maximum atomic E-state index is 12.2. The second-order valence-electron chi connectivity index (χ2n) is 4.42. The highest BCUT2D eigenvalue weighted by atomic mass is 79.9.